The van der Waals surface area contributed by atoms with E-state index in [1.807, 2.05) is 0 Å². The first kappa shape index (κ1) is 65.4. The SMILES string of the molecule is CCCCC/C=C\C/C=C\C/C=C\CCCCCCCCC(=O)OC(COC(=O)CCCCCCCCCCCC)COC(=O)CCCCCCCCCCC/C=C\CCCCCCCCCC. The van der Waals surface area contributed by atoms with E-state index in [-0.39, 0.29) is 31.1 Å². The summed E-state index contributed by atoms with van der Waals surface area (Å²) in [4.78, 5) is 38.1. The van der Waals surface area contributed by atoms with E-state index in [0.29, 0.717) is 19.3 Å². The molecule has 0 radical (unpaired) electrons. The number of rotatable bonds is 54. The first-order chi connectivity index (χ1) is 33.5. The normalized spacial score (nSPS) is 12.3. The number of hydrogen-bond donors (Lipinski definition) is 0. The highest BCUT2D eigenvalue weighted by molar-refractivity contribution is 5.71. The van der Waals surface area contributed by atoms with Gasteiger partial charge in [-0.15, -0.1) is 0 Å². The number of allylic oxidation sites excluding steroid dienone is 8. The zero-order valence-corrected chi connectivity index (χ0v) is 45.4. The summed E-state index contributed by atoms with van der Waals surface area (Å²) < 4.78 is 16.9. The molecule has 0 amide bonds. The van der Waals surface area contributed by atoms with Crippen LogP contribution in [0.3, 0.4) is 0 Å². The van der Waals surface area contributed by atoms with Crippen LogP contribution < -0.4 is 0 Å². The summed E-state index contributed by atoms with van der Waals surface area (Å²) in [5, 5.41) is 0. The van der Waals surface area contributed by atoms with Crippen molar-refractivity contribution in [2.24, 2.45) is 0 Å². The van der Waals surface area contributed by atoms with Crippen LogP contribution in [0.1, 0.15) is 310 Å². The minimum atomic E-state index is -0.778. The fourth-order valence-electron chi connectivity index (χ4n) is 8.56. The van der Waals surface area contributed by atoms with Crippen LogP contribution in [0.25, 0.3) is 0 Å². The van der Waals surface area contributed by atoms with Crippen molar-refractivity contribution < 1.29 is 28.6 Å². The van der Waals surface area contributed by atoms with Crippen LogP contribution in [0.2, 0.25) is 0 Å². The standard InChI is InChI=1S/C62H112O6/c1-4-7-10-13-16-19-22-24-26-28-30-31-33-34-36-38-40-43-46-49-52-55-61(64)67-58-59(57-66-60(63)54-51-48-45-42-21-18-15-12-9-6-3)68-62(65)56-53-50-47-44-41-39-37-35-32-29-27-25-23-20-17-14-11-8-5-2/h17,20,25,27-28,30,32,35,59H,4-16,18-19,21-24,26,29,31,33-34,36-58H2,1-3H3/b20-17-,27-25-,30-28-,35-32-. The van der Waals surface area contributed by atoms with Crippen molar-refractivity contribution in [1.29, 1.82) is 0 Å². The summed E-state index contributed by atoms with van der Waals surface area (Å²) in [7, 11) is 0. The number of hydrogen-bond acceptors (Lipinski definition) is 6. The summed E-state index contributed by atoms with van der Waals surface area (Å²) in [6.07, 6.45) is 69.6. The molecule has 0 saturated carbocycles. The molecule has 396 valence electrons. The predicted molar refractivity (Wildman–Crippen MR) is 293 cm³/mol. The first-order valence-corrected chi connectivity index (χ1v) is 29.6. The van der Waals surface area contributed by atoms with Gasteiger partial charge >= 0.3 is 17.9 Å². The average Bonchev–Trinajstić information content (AvgIpc) is 3.34. The van der Waals surface area contributed by atoms with Gasteiger partial charge in [0.05, 0.1) is 0 Å². The molecule has 0 N–H and O–H groups in total. The van der Waals surface area contributed by atoms with Crippen molar-refractivity contribution in [2.75, 3.05) is 13.2 Å². The zero-order chi connectivity index (χ0) is 49.3. The summed E-state index contributed by atoms with van der Waals surface area (Å²) in [6.45, 7) is 6.62. The van der Waals surface area contributed by atoms with Gasteiger partial charge in [0.25, 0.3) is 0 Å². The number of carbonyl (C=O) groups excluding carboxylic acids is 3. The van der Waals surface area contributed by atoms with Crippen molar-refractivity contribution in [1.82, 2.24) is 0 Å². The summed E-state index contributed by atoms with van der Waals surface area (Å²) in [5.41, 5.74) is 0. The number of esters is 3. The third-order valence-corrected chi connectivity index (χ3v) is 13.1. The van der Waals surface area contributed by atoms with Gasteiger partial charge in [0.15, 0.2) is 6.10 Å². The molecule has 1 unspecified atom stereocenters. The van der Waals surface area contributed by atoms with E-state index in [1.54, 1.807) is 0 Å². The highest BCUT2D eigenvalue weighted by Gasteiger charge is 2.19. The van der Waals surface area contributed by atoms with Gasteiger partial charge in [-0.1, -0.05) is 256 Å². The quantitative estimate of drug-likeness (QED) is 0.0262. The second-order valence-electron chi connectivity index (χ2n) is 19.9. The predicted octanol–water partition coefficient (Wildman–Crippen LogP) is 19.8. The van der Waals surface area contributed by atoms with Crippen LogP contribution in [0.5, 0.6) is 0 Å². The third-order valence-electron chi connectivity index (χ3n) is 13.1. The molecule has 0 saturated heterocycles. The van der Waals surface area contributed by atoms with Crippen molar-refractivity contribution in [2.45, 2.75) is 316 Å². The van der Waals surface area contributed by atoms with Gasteiger partial charge in [-0.25, -0.2) is 0 Å². The Morgan fingerprint density at radius 1 is 0.294 bits per heavy atom. The Hall–Kier alpha value is -2.63. The molecule has 0 aliphatic carbocycles. The van der Waals surface area contributed by atoms with E-state index in [0.717, 1.165) is 77.0 Å². The number of carbonyl (C=O) groups is 3. The van der Waals surface area contributed by atoms with E-state index in [1.165, 1.54) is 193 Å². The lowest BCUT2D eigenvalue weighted by molar-refractivity contribution is -0.167. The monoisotopic (exact) mass is 953 g/mol. The zero-order valence-electron chi connectivity index (χ0n) is 45.4. The fraction of sp³-hybridized carbons (Fsp3) is 0.823. The smallest absolute Gasteiger partial charge is 0.306 e. The molecule has 0 aromatic rings. The highest BCUT2D eigenvalue weighted by atomic mass is 16.6. The minimum Gasteiger partial charge on any atom is -0.462 e. The maximum absolute atomic E-state index is 12.8. The molecule has 68 heavy (non-hydrogen) atoms. The van der Waals surface area contributed by atoms with Crippen molar-refractivity contribution in [3.05, 3.63) is 48.6 Å². The molecule has 0 aliphatic heterocycles. The van der Waals surface area contributed by atoms with Crippen LogP contribution in [0.15, 0.2) is 48.6 Å². The molecule has 0 spiro atoms. The van der Waals surface area contributed by atoms with E-state index in [2.05, 4.69) is 69.4 Å². The summed E-state index contributed by atoms with van der Waals surface area (Å²) >= 11 is 0. The second-order valence-corrected chi connectivity index (χ2v) is 19.9. The van der Waals surface area contributed by atoms with Gasteiger partial charge < -0.3 is 14.2 Å². The molecule has 6 heteroatoms. The maximum atomic E-state index is 12.8. The van der Waals surface area contributed by atoms with Gasteiger partial charge in [0.2, 0.25) is 0 Å². The Morgan fingerprint density at radius 2 is 0.529 bits per heavy atom. The van der Waals surface area contributed by atoms with Crippen molar-refractivity contribution >= 4 is 17.9 Å². The van der Waals surface area contributed by atoms with Crippen LogP contribution in [0.4, 0.5) is 0 Å². The topological polar surface area (TPSA) is 78.9 Å². The minimum absolute atomic E-state index is 0.0764. The second kappa shape index (κ2) is 57.0. The van der Waals surface area contributed by atoms with Gasteiger partial charge in [0.1, 0.15) is 13.2 Å². The van der Waals surface area contributed by atoms with Crippen molar-refractivity contribution in [3.63, 3.8) is 0 Å². The van der Waals surface area contributed by atoms with Crippen LogP contribution in [-0.2, 0) is 28.6 Å². The summed E-state index contributed by atoms with van der Waals surface area (Å²) in [6, 6.07) is 0. The molecule has 6 nitrogen and oxygen atoms in total. The Morgan fingerprint density at radius 3 is 0.868 bits per heavy atom. The lowest BCUT2D eigenvalue weighted by Gasteiger charge is -2.18. The fourth-order valence-corrected chi connectivity index (χ4v) is 8.56. The lowest BCUT2D eigenvalue weighted by atomic mass is 10.1. The van der Waals surface area contributed by atoms with E-state index < -0.39 is 6.10 Å². The number of unbranched alkanes of at least 4 members (excludes halogenated alkanes) is 35. The van der Waals surface area contributed by atoms with Gasteiger partial charge in [0, 0.05) is 19.3 Å². The highest BCUT2D eigenvalue weighted by Crippen LogP contribution is 2.16. The van der Waals surface area contributed by atoms with Gasteiger partial charge in [-0.05, 0) is 83.5 Å². The molecule has 1 atom stereocenters. The van der Waals surface area contributed by atoms with Crippen LogP contribution >= 0.6 is 0 Å². The number of ether oxygens (including phenoxy) is 3. The van der Waals surface area contributed by atoms with Gasteiger partial charge in [-0.3, -0.25) is 14.4 Å². The Labute approximate surface area is 422 Å². The van der Waals surface area contributed by atoms with E-state index in [4.69, 9.17) is 14.2 Å². The Bertz CT molecular complexity index is 1190. The Kier molecular flexibility index (Phi) is 54.8. The molecule has 0 aromatic heterocycles. The molecule has 0 fully saturated rings. The largest absolute Gasteiger partial charge is 0.462 e. The third kappa shape index (κ3) is 54.3. The maximum Gasteiger partial charge on any atom is 0.306 e. The average molecular weight is 954 g/mol. The Balaban J connectivity index is 4.29. The van der Waals surface area contributed by atoms with Crippen molar-refractivity contribution in [3.8, 4) is 0 Å². The molecular weight excluding hydrogens is 841 g/mol. The van der Waals surface area contributed by atoms with Crippen LogP contribution in [0, 0.1) is 0 Å². The molecule has 0 aromatic carbocycles. The molecule has 0 rings (SSSR count). The van der Waals surface area contributed by atoms with Crippen LogP contribution in [-0.4, -0.2) is 37.2 Å². The molecule has 0 heterocycles. The molecular formula is C62H112O6. The first-order valence-electron chi connectivity index (χ1n) is 29.6. The molecule has 0 aliphatic rings. The molecule has 0 bridgehead atoms. The lowest BCUT2D eigenvalue weighted by Crippen LogP contribution is -2.30. The van der Waals surface area contributed by atoms with E-state index in [9.17, 15) is 14.4 Å². The van der Waals surface area contributed by atoms with Gasteiger partial charge in [-0.2, -0.15) is 0 Å². The summed E-state index contributed by atoms with van der Waals surface area (Å²) in [5.74, 6) is -0.879. The van der Waals surface area contributed by atoms with E-state index >= 15 is 0 Å².